The molecule has 0 amide bonds. The van der Waals surface area contributed by atoms with E-state index in [-0.39, 0.29) is 12.1 Å². The van der Waals surface area contributed by atoms with Gasteiger partial charge in [0.2, 0.25) is 0 Å². The second-order valence-corrected chi connectivity index (χ2v) is 5.28. The Morgan fingerprint density at radius 2 is 2.10 bits per heavy atom. The smallest absolute Gasteiger partial charge is 0.188 e. The first kappa shape index (κ1) is 16.3. The predicted molar refractivity (Wildman–Crippen MR) is 84.2 cm³/mol. The molecule has 20 heavy (non-hydrogen) atoms. The summed E-state index contributed by atoms with van der Waals surface area (Å²) in [6.07, 6.45) is 0. The summed E-state index contributed by atoms with van der Waals surface area (Å²) < 4.78 is 5.27. The summed E-state index contributed by atoms with van der Waals surface area (Å²) >= 11 is 0. The van der Waals surface area contributed by atoms with Crippen molar-refractivity contribution in [3.05, 3.63) is 29.8 Å². The van der Waals surface area contributed by atoms with Crippen molar-refractivity contribution in [1.82, 2.24) is 10.2 Å². The van der Waals surface area contributed by atoms with Crippen LogP contribution >= 0.6 is 0 Å². The quantitative estimate of drug-likeness (QED) is 0.613. The molecular formula is C15H26N4O. The Labute approximate surface area is 121 Å². The molecular weight excluding hydrogens is 252 g/mol. The summed E-state index contributed by atoms with van der Waals surface area (Å²) in [6, 6.07) is 8.49. The lowest BCUT2D eigenvalue weighted by atomic mass is 10.1. The molecule has 5 nitrogen and oxygen atoms in total. The lowest BCUT2D eigenvalue weighted by Gasteiger charge is -2.23. The van der Waals surface area contributed by atoms with Crippen LogP contribution in [0, 0.1) is 0 Å². The number of hydrogen-bond donors (Lipinski definition) is 2. The molecule has 112 valence electrons. The molecule has 1 aromatic rings. The summed E-state index contributed by atoms with van der Waals surface area (Å²) in [5.74, 6) is 1.33. The number of ether oxygens (including phenoxy) is 1. The molecule has 5 heteroatoms. The van der Waals surface area contributed by atoms with Gasteiger partial charge in [-0.25, -0.2) is 0 Å². The molecule has 0 saturated carbocycles. The van der Waals surface area contributed by atoms with E-state index in [0.29, 0.717) is 12.5 Å². The minimum Gasteiger partial charge on any atom is -0.497 e. The van der Waals surface area contributed by atoms with Gasteiger partial charge in [-0.1, -0.05) is 12.1 Å². The fourth-order valence-corrected chi connectivity index (χ4v) is 1.94. The zero-order chi connectivity index (χ0) is 15.1. The van der Waals surface area contributed by atoms with Gasteiger partial charge >= 0.3 is 0 Å². The second-order valence-electron chi connectivity index (χ2n) is 5.28. The van der Waals surface area contributed by atoms with Crippen molar-refractivity contribution in [1.29, 1.82) is 0 Å². The summed E-state index contributed by atoms with van der Waals surface area (Å²) in [5, 5.41) is 3.10. The lowest BCUT2D eigenvalue weighted by molar-refractivity contribution is 0.305. The summed E-state index contributed by atoms with van der Waals surface area (Å²) in [5.41, 5.74) is 7.02. The topological polar surface area (TPSA) is 62.9 Å². The molecule has 0 radical (unpaired) electrons. The number of likely N-dealkylation sites (N-methyl/N-ethyl adjacent to an activating group) is 1. The van der Waals surface area contributed by atoms with Crippen LogP contribution < -0.4 is 15.8 Å². The number of methoxy groups -OCH3 is 1. The van der Waals surface area contributed by atoms with Crippen LogP contribution in [0.4, 0.5) is 0 Å². The van der Waals surface area contributed by atoms with Crippen molar-refractivity contribution in [2.75, 3.05) is 27.7 Å². The number of nitrogens with two attached hydrogens (primary N) is 1. The van der Waals surface area contributed by atoms with Crippen LogP contribution in [0.1, 0.15) is 25.5 Å². The van der Waals surface area contributed by atoms with Gasteiger partial charge in [-0.15, -0.1) is 0 Å². The Morgan fingerprint density at radius 1 is 1.40 bits per heavy atom. The van der Waals surface area contributed by atoms with Crippen LogP contribution in [-0.4, -0.2) is 44.7 Å². The maximum absolute atomic E-state index is 5.85. The van der Waals surface area contributed by atoms with Gasteiger partial charge in [0.1, 0.15) is 5.75 Å². The largest absolute Gasteiger partial charge is 0.497 e. The minimum atomic E-state index is 0.164. The molecule has 0 fully saturated rings. The highest BCUT2D eigenvalue weighted by Crippen LogP contribution is 2.22. The Morgan fingerprint density at radius 3 is 2.65 bits per heavy atom. The Hall–Kier alpha value is -1.75. The molecule has 0 bridgehead atoms. The van der Waals surface area contributed by atoms with E-state index < -0.39 is 0 Å². The average molecular weight is 278 g/mol. The van der Waals surface area contributed by atoms with Gasteiger partial charge in [-0.2, -0.15) is 0 Å². The van der Waals surface area contributed by atoms with E-state index >= 15 is 0 Å². The molecule has 1 atom stereocenters. The van der Waals surface area contributed by atoms with Crippen LogP contribution in [0.3, 0.4) is 0 Å². The number of benzene rings is 1. The molecule has 0 saturated heterocycles. The summed E-state index contributed by atoms with van der Waals surface area (Å²) in [7, 11) is 5.74. The van der Waals surface area contributed by atoms with Gasteiger partial charge in [0.25, 0.3) is 0 Å². The number of guanidine groups is 1. The van der Waals surface area contributed by atoms with E-state index in [2.05, 4.69) is 21.3 Å². The van der Waals surface area contributed by atoms with E-state index in [0.717, 1.165) is 11.3 Å². The van der Waals surface area contributed by atoms with Crippen molar-refractivity contribution in [2.45, 2.75) is 25.9 Å². The van der Waals surface area contributed by atoms with Crippen molar-refractivity contribution >= 4 is 5.96 Å². The third kappa shape index (κ3) is 5.09. The minimum absolute atomic E-state index is 0.164. The Kier molecular flexibility index (Phi) is 6.31. The molecule has 0 aromatic heterocycles. The number of hydrogen-bond acceptors (Lipinski definition) is 3. The van der Waals surface area contributed by atoms with Crippen molar-refractivity contribution in [3.63, 3.8) is 0 Å². The van der Waals surface area contributed by atoms with E-state index in [1.165, 1.54) is 0 Å². The number of aliphatic imine (C=N–C) groups is 1. The molecule has 0 spiro atoms. The van der Waals surface area contributed by atoms with Crippen molar-refractivity contribution < 1.29 is 4.74 Å². The Balaban J connectivity index is 2.83. The highest BCUT2D eigenvalue weighted by atomic mass is 16.5. The van der Waals surface area contributed by atoms with Gasteiger partial charge in [0, 0.05) is 6.04 Å². The number of nitrogens with zero attached hydrogens (tertiary/aromatic N) is 2. The zero-order valence-electron chi connectivity index (χ0n) is 13.1. The normalized spacial score (nSPS) is 13.7. The summed E-state index contributed by atoms with van der Waals surface area (Å²) in [6.45, 7) is 4.67. The molecule has 1 aromatic carbocycles. The molecule has 0 aliphatic rings. The zero-order valence-corrected chi connectivity index (χ0v) is 13.1. The van der Waals surface area contributed by atoms with E-state index in [1.54, 1.807) is 7.11 Å². The Bertz CT molecular complexity index is 443. The van der Waals surface area contributed by atoms with Crippen LogP contribution in [0.2, 0.25) is 0 Å². The monoisotopic (exact) mass is 278 g/mol. The van der Waals surface area contributed by atoms with Gasteiger partial charge in [0.15, 0.2) is 5.96 Å². The first-order valence-corrected chi connectivity index (χ1v) is 6.81. The highest BCUT2D eigenvalue weighted by molar-refractivity contribution is 5.78. The van der Waals surface area contributed by atoms with Crippen LogP contribution in [0.25, 0.3) is 0 Å². The van der Waals surface area contributed by atoms with Crippen molar-refractivity contribution in [3.8, 4) is 5.75 Å². The maximum atomic E-state index is 5.85. The molecule has 0 heterocycles. The van der Waals surface area contributed by atoms with E-state index in [1.807, 2.05) is 46.1 Å². The molecule has 1 rings (SSSR count). The SMILES string of the molecule is COc1cccc(C(CN=C(N)NC(C)C)N(C)C)c1. The van der Waals surface area contributed by atoms with Crippen LogP contribution in [0.15, 0.2) is 29.3 Å². The van der Waals surface area contributed by atoms with Gasteiger partial charge in [-0.3, -0.25) is 4.99 Å². The maximum Gasteiger partial charge on any atom is 0.188 e. The summed E-state index contributed by atoms with van der Waals surface area (Å²) in [4.78, 5) is 6.54. The molecule has 3 N–H and O–H groups in total. The van der Waals surface area contributed by atoms with Crippen molar-refractivity contribution in [2.24, 2.45) is 10.7 Å². The molecule has 0 aliphatic heterocycles. The van der Waals surface area contributed by atoms with Gasteiger partial charge < -0.3 is 20.7 Å². The van der Waals surface area contributed by atoms with Gasteiger partial charge in [-0.05, 0) is 45.6 Å². The predicted octanol–water partition coefficient (Wildman–Crippen LogP) is 1.61. The lowest BCUT2D eigenvalue weighted by Crippen LogP contribution is -2.37. The number of rotatable bonds is 6. The molecule has 0 aliphatic carbocycles. The first-order chi connectivity index (χ1) is 9.43. The fraction of sp³-hybridized carbons (Fsp3) is 0.533. The number of nitrogens with one attached hydrogen (secondary N) is 1. The fourth-order valence-electron chi connectivity index (χ4n) is 1.94. The standard InChI is InChI=1S/C15H26N4O/c1-11(2)18-15(16)17-10-14(19(3)4)12-7-6-8-13(9-12)20-5/h6-9,11,14H,10H2,1-5H3,(H3,16,17,18). The first-order valence-electron chi connectivity index (χ1n) is 6.81. The van der Waals surface area contributed by atoms with E-state index in [4.69, 9.17) is 10.5 Å². The second kappa shape index (κ2) is 7.75. The van der Waals surface area contributed by atoms with Crippen LogP contribution in [0.5, 0.6) is 5.75 Å². The van der Waals surface area contributed by atoms with E-state index in [9.17, 15) is 0 Å². The third-order valence-electron chi connectivity index (χ3n) is 2.97. The highest BCUT2D eigenvalue weighted by Gasteiger charge is 2.14. The molecule has 1 unspecified atom stereocenters. The average Bonchev–Trinajstić information content (AvgIpc) is 2.38. The van der Waals surface area contributed by atoms with Gasteiger partial charge in [0.05, 0.1) is 19.7 Å². The third-order valence-corrected chi connectivity index (χ3v) is 2.97. The van der Waals surface area contributed by atoms with Crippen LogP contribution in [-0.2, 0) is 0 Å².